The van der Waals surface area contributed by atoms with E-state index in [0.717, 1.165) is 10.8 Å². The van der Waals surface area contributed by atoms with E-state index in [1.54, 1.807) is 24.0 Å². The lowest BCUT2D eigenvalue weighted by molar-refractivity contribution is -0.122. The Labute approximate surface area is 133 Å². The number of fused-ring (bicyclic) bond motifs is 5. The highest BCUT2D eigenvalue weighted by Crippen LogP contribution is 2.38. The third-order valence-corrected chi connectivity index (χ3v) is 5.06. The molecule has 2 aromatic rings. The number of phenols is 1. The number of hydrogen-bond donors (Lipinski definition) is 1. The Balaban J connectivity index is 2.12. The molecule has 0 radical (unpaired) electrons. The van der Waals surface area contributed by atoms with Gasteiger partial charge in [0, 0.05) is 17.0 Å². The van der Waals surface area contributed by atoms with Crippen LogP contribution in [0.4, 0.5) is 0 Å². The Bertz CT molecular complexity index is 929. The molecular formula is C18H16N2O3. The van der Waals surface area contributed by atoms with Crippen molar-refractivity contribution in [3.8, 4) is 5.75 Å². The van der Waals surface area contributed by atoms with Gasteiger partial charge in [-0.2, -0.15) is 4.99 Å². The summed E-state index contributed by atoms with van der Waals surface area (Å²) in [6.07, 6.45) is 0. The number of amidine groups is 1. The monoisotopic (exact) mass is 308 g/mol. The van der Waals surface area contributed by atoms with Gasteiger partial charge >= 0.3 is 0 Å². The van der Waals surface area contributed by atoms with Gasteiger partial charge in [0.1, 0.15) is 11.6 Å². The van der Waals surface area contributed by atoms with Crippen LogP contribution in [0.25, 0.3) is 10.8 Å². The van der Waals surface area contributed by atoms with Crippen LogP contribution in [-0.4, -0.2) is 33.7 Å². The number of nitrogens with zero attached hydrogens (tertiary/aromatic N) is 2. The molecule has 5 nitrogen and oxygen atoms in total. The third-order valence-electron chi connectivity index (χ3n) is 5.06. The third kappa shape index (κ3) is 1.64. The van der Waals surface area contributed by atoms with Crippen LogP contribution in [0.3, 0.4) is 0 Å². The van der Waals surface area contributed by atoms with Gasteiger partial charge in [0.2, 0.25) is 0 Å². The molecule has 0 saturated heterocycles. The normalized spacial score (nSPS) is 23.1. The van der Waals surface area contributed by atoms with E-state index in [1.807, 2.05) is 26.0 Å². The van der Waals surface area contributed by atoms with Crippen molar-refractivity contribution in [2.75, 3.05) is 0 Å². The average molecular weight is 308 g/mol. The highest BCUT2D eigenvalue weighted by atomic mass is 16.3. The molecule has 2 aliphatic rings. The maximum absolute atomic E-state index is 12.8. The molecule has 2 amide bonds. The zero-order chi connectivity index (χ0) is 16.5. The molecule has 0 aromatic heterocycles. The molecular weight excluding hydrogens is 292 g/mol. The predicted molar refractivity (Wildman–Crippen MR) is 86.7 cm³/mol. The van der Waals surface area contributed by atoms with Crippen molar-refractivity contribution >= 4 is 28.4 Å². The quantitative estimate of drug-likeness (QED) is 0.813. The van der Waals surface area contributed by atoms with Gasteiger partial charge in [-0.3, -0.25) is 14.5 Å². The molecule has 2 aliphatic heterocycles. The second kappa shape index (κ2) is 4.41. The molecule has 23 heavy (non-hydrogen) atoms. The minimum Gasteiger partial charge on any atom is -0.508 e. The van der Waals surface area contributed by atoms with Gasteiger partial charge in [0.25, 0.3) is 11.8 Å². The van der Waals surface area contributed by atoms with E-state index in [9.17, 15) is 14.7 Å². The molecule has 2 heterocycles. The molecule has 0 saturated carbocycles. The molecule has 0 bridgehead atoms. The number of amides is 2. The fourth-order valence-electron chi connectivity index (χ4n) is 3.46. The van der Waals surface area contributed by atoms with Crippen LogP contribution in [-0.2, 0) is 4.79 Å². The zero-order valence-corrected chi connectivity index (χ0v) is 13.1. The summed E-state index contributed by atoms with van der Waals surface area (Å²) < 4.78 is 0. The summed E-state index contributed by atoms with van der Waals surface area (Å²) >= 11 is 0. The number of carbonyl (C=O) groups excluding carboxylic acids is 2. The highest BCUT2D eigenvalue weighted by molar-refractivity contribution is 6.31. The summed E-state index contributed by atoms with van der Waals surface area (Å²) in [5, 5.41) is 11.7. The van der Waals surface area contributed by atoms with E-state index >= 15 is 0 Å². The van der Waals surface area contributed by atoms with Crippen LogP contribution in [0.5, 0.6) is 5.75 Å². The van der Waals surface area contributed by atoms with Crippen LogP contribution in [0, 0.1) is 12.8 Å². The first kappa shape index (κ1) is 13.9. The number of benzene rings is 2. The summed E-state index contributed by atoms with van der Waals surface area (Å²) in [5.74, 6) is -0.0759. The van der Waals surface area contributed by atoms with Crippen LogP contribution >= 0.6 is 0 Å². The number of hydrogen-bond acceptors (Lipinski definition) is 3. The Morgan fingerprint density at radius 3 is 2.57 bits per heavy atom. The van der Waals surface area contributed by atoms with Crippen molar-refractivity contribution in [1.29, 1.82) is 0 Å². The van der Waals surface area contributed by atoms with E-state index in [-0.39, 0.29) is 29.5 Å². The first-order valence-electron chi connectivity index (χ1n) is 7.63. The Hall–Kier alpha value is -2.69. The topological polar surface area (TPSA) is 70.0 Å². The predicted octanol–water partition coefficient (Wildman–Crippen LogP) is 2.62. The molecule has 2 aromatic carbocycles. The van der Waals surface area contributed by atoms with Crippen LogP contribution in [0.1, 0.15) is 35.3 Å². The number of aliphatic imine (C=N–C) groups is 1. The second-order valence-electron chi connectivity index (χ2n) is 6.27. The molecule has 2 atom stereocenters. The van der Waals surface area contributed by atoms with E-state index in [0.29, 0.717) is 22.5 Å². The summed E-state index contributed by atoms with van der Waals surface area (Å²) in [7, 11) is 0. The number of carbonyl (C=O) groups is 2. The lowest BCUT2D eigenvalue weighted by Gasteiger charge is -2.32. The highest BCUT2D eigenvalue weighted by Gasteiger charge is 2.44. The molecule has 1 unspecified atom stereocenters. The van der Waals surface area contributed by atoms with Crippen molar-refractivity contribution in [2.45, 2.75) is 26.8 Å². The maximum atomic E-state index is 12.8. The summed E-state index contributed by atoms with van der Waals surface area (Å²) in [6.45, 7) is 5.47. The second-order valence-corrected chi connectivity index (χ2v) is 6.27. The maximum Gasteiger partial charge on any atom is 0.260 e. The van der Waals surface area contributed by atoms with Crippen LogP contribution < -0.4 is 0 Å². The standard InChI is InChI=1S/C18H16N2O3/c1-8-10(3)20-16(19-17(8)22)15-12(18(20)23)6-4-11-5-7-13(21)9(2)14(11)15/h4-8,10,21H,1-3H3/t8?,10-/m0/s1. The SMILES string of the molecule is Cc1c(O)ccc2ccc3c(c12)C1=NC(=O)C(C)[C@H](C)N1C3=O. The summed E-state index contributed by atoms with van der Waals surface area (Å²) in [6, 6.07) is 6.86. The summed E-state index contributed by atoms with van der Waals surface area (Å²) in [5.41, 5.74) is 1.89. The first-order chi connectivity index (χ1) is 10.9. The van der Waals surface area contributed by atoms with Crippen molar-refractivity contribution in [1.82, 2.24) is 4.90 Å². The number of aryl methyl sites for hydroxylation is 1. The fourth-order valence-corrected chi connectivity index (χ4v) is 3.46. The van der Waals surface area contributed by atoms with Crippen molar-refractivity contribution in [2.24, 2.45) is 10.9 Å². The number of rotatable bonds is 0. The van der Waals surface area contributed by atoms with E-state index < -0.39 is 0 Å². The Morgan fingerprint density at radius 2 is 1.83 bits per heavy atom. The van der Waals surface area contributed by atoms with Gasteiger partial charge in [0.15, 0.2) is 0 Å². The summed E-state index contributed by atoms with van der Waals surface area (Å²) in [4.78, 5) is 30.8. The lowest BCUT2D eigenvalue weighted by Crippen LogP contribution is -2.48. The molecule has 0 aliphatic carbocycles. The number of aromatic hydroxyl groups is 1. The molecule has 1 N–H and O–H groups in total. The lowest BCUT2D eigenvalue weighted by atomic mass is 9.95. The van der Waals surface area contributed by atoms with Crippen molar-refractivity contribution in [3.63, 3.8) is 0 Å². The molecule has 0 fully saturated rings. The van der Waals surface area contributed by atoms with Gasteiger partial charge in [-0.05, 0) is 36.9 Å². The molecule has 5 heteroatoms. The fraction of sp³-hybridized carbons (Fsp3) is 0.278. The van der Waals surface area contributed by atoms with Crippen LogP contribution in [0.15, 0.2) is 29.3 Å². The minimum absolute atomic E-state index is 0.129. The van der Waals surface area contributed by atoms with E-state index in [2.05, 4.69) is 4.99 Å². The van der Waals surface area contributed by atoms with Gasteiger partial charge in [-0.15, -0.1) is 0 Å². The van der Waals surface area contributed by atoms with Crippen molar-refractivity contribution in [3.05, 3.63) is 41.0 Å². The van der Waals surface area contributed by atoms with Crippen molar-refractivity contribution < 1.29 is 14.7 Å². The average Bonchev–Trinajstić information content (AvgIpc) is 2.81. The number of phenolic OH excluding ortho intramolecular Hbond substituents is 1. The van der Waals surface area contributed by atoms with E-state index in [4.69, 9.17) is 0 Å². The largest absolute Gasteiger partial charge is 0.508 e. The van der Waals surface area contributed by atoms with Gasteiger partial charge in [-0.1, -0.05) is 19.1 Å². The Morgan fingerprint density at radius 1 is 1.13 bits per heavy atom. The Kier molecular flexibility index (Phi) is 2.67. The molecule has 116 valence electrons. The molecule has 4 rings (SSSR count). The van der Waals surface area contributed by atoms with Crippen LogP contribution in [0.2, 0.25) is 0 Å². The zero-order valence-electron chi connectivity index (χ0n) is 13.1. The van der Waals surface area contributed by atoms with E-state index in [1.165, 1.54) is 0 Å². The molecule has 0 spiro atoms. The van der Waals surface area contributed by atoms with Gasteiger partial charge in [-0.25, -0.2) is 0 Å². The smallest absolute Gasteiger partial charge is 0.260 e. The first-order valence-corrected chi connectivity index (χ1v) is 7.63. The minimum atomic E-state index is -0.322. The van der Waals surface area contributed by atoms with Gasteiger partial charge < -0.3 is 5.11 Å². The van der Waals surface area contributed by atoms with Gasteiger partial charge in [0.05, 0.1) is 11.5 Å².